The predicted molar refractivity (Wildman–Crippen MR) is 85.9 cm³/mol. The first-order valence-corrected chi connectivity index (χ1v) is 9.38. The number of rotatable bonds is 6. The number of amides is 1. The summed E-state index contributed by atoms with van der Waals surface area (Å²) in [6.07, 6.45) is 1.35. The molecule has 126 valence electrons. The molecule has 1 saturated heterocycles. The fraction of sp³-hybridized carbons (Fsp3) is 0.533. The summed E-state index contributed by atoms with van der Waals surface area (Å²) in [7, 11) is -3.05. The number of non-ortho nitro benzene ring substituents is 1. The van der Waals surface area contributed by atoms with Crippen LogP contribution in [0, 0.1) is 10.1 Å². The Morgan fingerprint density at radius 3 is 2.48 bits per heavy atom. The minimum absolute atomic E-state index is 0.0199. The molecule has 0 saturated carbocycles. The van der Waals surface area contributed by atoms with E-state index in [0.29, 0.717) is 18.5 Å². The zero-order valence-electron chi connectivity index (χ0n) is 13.0. The van der Waals surface area contributed by atoms with Gasteiger partial charge in [0, 0.05) is 24.7 Å². The van der Waals surface area contributed by atoms with Gasteiger partial charge in [0.1, 0.15) is 0 Å². The molecule has 0 bridgehead atoms. The maximum Gasteiger partial charge on any atom is 0.269 e. The molecule has 1 heterocycles. The fourth-order valence-electron chi connectivity index (χ4n) is 2.78. The van der Waals surface area contributed by atoms with Crippen molar-refractivity contribution in [2.45, 2.75) is 32.2 Å². The maximum atomic E-state index is 12.5. The molecule has 1 aromatic rings. The number of carbonyl (C=O) groups is 1. The van der Waals surface area contributed by atoms with Crippen molar-refractivity contribution < 1.29 is 18.1 Å². The lowest BCUT2D eigenvalue weighted by Gasteiger charge is -2.28. The van der Waals surface area contributed by atoms with Gasteiger partial charge in [-0.15, -0.1) is 0 Å². The van der Waals surface area contributed by atoms with Crippen LogP contribution < -0.4 is 0 Å². The van der Waals surface area contributed by atoms with E-state index in [0.717, 1.165) is 6.42 Å². The van der Waals surface area contributed by atoms with E-state index in [2.05, 4.69) is 0 Å². The molecule has 1 aromatic carbocycles. The van der Waals surface area contributed by atoms with E-state index in [1.807, 2.05) is 6.92 Å². The minimum atomic E-state index is -3.05. The Labute approximate surface area is 135 Å². The highest BCUT2D eigenvalue weighted by Crippen LogP contribution is 2.20. The van der Waals surface area contributed by atoms with Gasteiger partial charge in [-0.05, 0) is 18.4 Å². The van der Waals surface area contributed by atoms with Crippen molar-refractivity contribution in [1.29, 1.82) is 0 Å². The molecular weight excluding hydrogens is 320 g/mol. The van der Waals surface area contributed by atoms with Gasteiger partial charge < -0.3 is 4.90 Å². The number of benzene rings is 1. The first kappa shape index (κ1) is 17.4. The Bertz CT molecular complexity index is 684. The van der Waals surface area contributed by atoms with E-state index in [9.17, 15) is 23.3 Å². The first-order chi connectivity index (χ1) is 10.8. The van der Waals surface area contributed by atoms with Crippen LogP contribution in [0.1, 0.15) is 25.3 Å². The lowest BCUT2D eigenvalue weighted by molar-refractivity contribution is -0.384. The van der Waals surface area contributed by atoms with Gasteiger partial charge in [0.25, 0.3) is 5.69 Å². The summed E-state index contributed by atoms with van der Waals surface area (Å²) in [6.45, 7) is 2.46. The van der Waals surface area contributed by atoms with Crippen LogP contribution in [-0.4, -0.2) is 48.2 Å². The summed E-state index contributed by atoms with van der Waals surface area (Å²) in [6, 6.07) is 5.60. The van der Waals surface area contributed by atoms with Crippen molar-refractivity contribution in [2.24, 2.45) is 0 Å². The third-order valence-corrected chi connectivity index (χ3v) is 5.69. The second kappa shape index (κ2) is 7.08. The van der Waals surface area contributed by atoms with Crippen LogP contribution in [0.15, 0.2) is 24.3 Å². The van der Waals surface area contributed by atoms with E-state index in [-0.39, 0.29) is 35.6 Å². The Kier molecular flexibility index (Phi) is 5.35. The van der Waals surface area contributed by atoms with Crippen LogP contribution in [0.4, 0.5) is 5.69 Å². The van der Waals surface area contributed by atoms with E-state index in [4.69, 9.17) is 0 Å². The predicted octanol–water partition coefficient (Wildman–Crippen LogP) is 1.56. The van der Waals surface area contributed by atoms with Gasteiger partial charge in [0.05, 0.1) is 22.8 Å². The van der Waals surface area contributed by atoms with Gasteiger partial charge in [-0.2, -0.15) is 0 Å². The molecule has 23 heavy (non-hydrogen) atoms. The SMILES string of the molecule is CCCN(C(=O)Cc1ccc([N+](=O)[O-])cc1)C1CCS(=O)(=O)C1. The van der Waals surface area contributed by atoms with Gasteiger partial charge in [-0.1, -0.05) is 19.1 Å². The van der Waals surface area contributed by atoms with Crippen LogP contribution in [0.25, 0.3) is 0 Å². The van der Waals surface area contributed by atoms with Crippen LogP contribution in [0.2, 0.25) is 0 Å². The average Bonchev–Trinajstić information content (AvgIpc) is 2.85. The number of nitro benzene ring substituents is 1. The molecule has 2 rings (SSSR count). The number of nitrogens with zero attached hydrogens (tertiary/aromatic N) is 2. The number of hydrogen-bond acceptors (Lipinski definition) is 5. The number of nitro groups is 1. The summed E-state index contributed by atoms with van der Waals surface area (Å²) in [5, 5.41) is 10.6. The highest BCUT2D eigenvalue weighted by molar-refractivity contribution is 7.91. The molecule has 0 radical (unpaired) electrons. The third-order valence-electron chi connectivity index (χ3n) is 3.94. The van der Waals surface area contributed by atoms with Crippen molar-refractivity contribution in [2.75, 3.05) is 18.1 Å². The molecular formula is C15H20N2O5S. The summed E-state index contributed by atoms with van der Waals surface area (Å²) in [4.78, 5) is 24.3. The lowest BCUT2D eigenvalue weighted by Crippen LogP contribution is -2.42. The topological polar surface area (TPSA) is 97.6 Å². The molecule has 8 heteroatoms. The summed E-state index contributed by atoms with van der Waals surface area (Å²) >= 11 is 0. The monoisotopic (exact) mass is 340 g/mol. The van der Waals surface area contributed by atoms with Crippen LogP contribution in [-0.2, 0) is 21.1 Å². The molecule has 7 nitrogen and oxygen atoms in total. The van der Waals surface area contributed by atoms with Gasteiger partial charge in [-0.3, -0.25) is 14.9 Å². The number of sulfone groups is 1. The third kappa shape index (κ3) is 4.51. The van der Waals surface area contributed by atoms with Gasteiger partial charge in [0.2, 0.25) is 5.91 Å². The Morgan fingerprint density at radius 1 is 1.35 bits per heavy atom. The van der Waals surface area contributed by atoms with Crippen molar-refractivity contribution in [3.63, 3.8) is 0 Å². The minimum Gasteiger partial charge on any atom is -0.338 e. The summed E-state index contributed by atoms with van der Waals surface area (Å²) in [5.74, 6) is 0.0182. The standard InChI is InChI=1S/C15H20N2O5S/c1-2-8-16(14-7-9-23(21,22)11-14)15(18)10-12-3-5-13(6-4-12)17(19)20/h3-6,14H,2,7-11H2,1H3. The summed E-state index contributed by atoms with van der Waals surface area (Å²) in [5.41, 5.74) is 0.663. The maximum absolute atomic E-state index is 12.5. The van der Waals surface area contributed by atoms with E-state index < -0.39 is 14.8 Å². The average molecular weight is 340 g/mol. The van der Waals surface area contributed by atoms with Crippen molar-refractivity contribution in [3.8, 4) is 0 Å². The van der Waals surface area contributed by atoms with Crippen LogP contribution in [0.3, 0.4) is 0 Å². The van der Waals surface area contributed by atoms with Crippen molar-refractivity contribution in [3.05, 3.63) is 39.9 Å². The summed E-state index contributed by atoms with van der Waals surface area (Å²) < 4.78 is 23.3. The Hall–Kier alpha value is -1.96. The molecule has 1 fully saturated rings. The smallest absolute Gasteiger partial charge is 0.269 e. The molecule has 0 N–H and O–H groups in total. The Morgan fingerprint density at radius 2 is 2.00 bits per heavy atom. The molecule has 1 atom stereocenters. The van der Waals surface area contributed by atoms with Gasteiger partial charge in [0.15, 0.2) is 9.84 Å². The van der Waals surface area contributed by atoms with E-state index in [1.165, 1.54) is 12.1 Å². The van der Waals surface area contributed by atoms with Crippen LogP contribution >= 0.6 is 0 Å². The largest absolute Gasteiger partial charge is 0.338 e. The zero-order chi connectivity index (χ0) is 17.0. The number of hydrogen-bond donors (Lipinski definition) is 0. The van der Waals surface area contributed by atoms with Gasteiger partial charge >= 0.3 is 0 Å². The molecule has 0 spiro atoms. The second-order valence-electron chi connectivity index (χ2n) is 5.74. The normalized spacial score (nSPS) is 19.4. The van der Waals surface area contributed by atoms with E-state index >= 15 is 0 Å². The highest BCUT2D eigenvalue weighted by atomic mass is 32.2. The zero-order valence-corrected chi connectivity index (χ0v) is 13.8. The highest BCUT2D eigenvalue weighted by Gasteiger charge is 2.34. The lowest BCUT2D eigenvalue weighted by atomic mass is 10.1. The van der Waals surface area contributed by atoms with Gasteiger partial charge in [-0.25, -0.2) is 8.42 Å². The molecule has 0 aliphatic carbocycles. The van der Waals surface area contributed by atoms with Crippen LogP contribution in [0.5, 0.6) is 0 Å². The van der Waals surface area contributed by atoms with Crippen molar-refractivity contribution in [1.82, 2.24) is 4.90 Å². The fourth-order valence-corrected chi connectivity index (χ4v) is 4.52. The second-order valence-corrected chi connectivity index (χ2v) is 7.97. The van der Waals surface area contributed by atoms with E-state index in [1.54, 1.807) is 17.0 Å². The molecule has 0 aromatic heterocycles. The quantitative estimate of drug-likeness (QED) is 0.578. The molecule has 1 aliphatic heterocycles. The van der Waals surface area contributed by atoms with Crippen molar-refractivity contribution >= 4 is 21.4 Å². The molecule has 1 aliphatic rings. The Balaban J connectivity index is 2.07. The molecule has 1 amide bonds. The number of carbonyl (C=O) groups excluding carboxylic acids is 1. The first-order valence-electron chi connectivity index (χ1n) is 7.55. The molecule has 1 unspecified atom stereocenters.